The molecule has 0 bridgehead atoms. The molecule has 0 amide bonds. The quantitative estimate of drug-likeness (QED) is 0.160. The SMILES string of the molecule is CC(C)C1(CC[C@@H](C)[C@H]2CC[C@@]3(C)[C@@H]4C[C@H](OS(=O)(=O)O)[C@H]5C[C@H](OS(=O)(=O)O)[C@@H](OS(=O)(=O)O)C[C@]5(C)C4=CC[C@]23C)CC1C.[Na+]. The van der Waals surface area contributed by atoms with Crippen molar-refractivity contribution in [3.8, 4) is 0 Å². The van der Waals surface area contributed by atoms with E-state index in [0.29, 0.717) is 23.2 Å². The molecule has 0 aromatic rings. The number of fused-ring (bicyclic) bond motifs is 5. The van der Waals surface area contributed by atoms with Gasteiger partial charge >= 0.3 is 60.8 Å². The van der Waals surface area contributed by atoms with Crippen molar-refractivity contribution in [3.63, 3.8) is 0 Å². The van der Waals surface area contributed by atoms with E-state index in [4.69, 9.17) is 12.5 Å². The summed E-state index contributed by atoms with van der Waals surface area (Å²) < 4.78 is 115. The van der Waals surface area contributed by atoms with Gasteiger partial charge in [-0.25, -0.2) is 12.5 Å². The minimum Gasteiger partial charge on any atom is -0.264 e. The summed E-state index contributed by atoms with van der Waals surface area (Å²) in [4.78, 5) is 0. The van der Waals surface area contributed by atoms with Crippen LogP contribution in [0.5, 0.6) is 0 Å². The van der Waals surface area contributed by atoms with Gasteiger partial charge in [0, 0.05) is 0 Å². The monoisotopic (exact) mass is 735 g/mol. The summed E-state index contributed by atoms with van der Waals surface area (Å²) in [5.74, 6) is 1.33. The molecule has 0 spiro atoms. The van der Waals surface area contributed by atoms with Crippen molar-refractivity contribution in [1.82, 2.24) is 0 Å². The zero-order valence-corrected chi connectivity index (χ0v) is 33.3. The van der Waals surface area contributed by atoms with Crippen molar-refractivity contribution >= 4 is 31.2 Å². The van der Waals surface area contributed by atoms with Gasteiger partial charge in [-0.3, -0.25) is 13.7 Å². The van der Waals surface area contributed by atoms with Crippen LogP contribution in [0.3, 0.4) is 0 Å². The van der Waals surface area contributed by atoms with E-state index in [0.717, 1.165) is 37.2 Å². The Kier molecular flexibility index (Phi) is 11.2. The molecule has 5 aliphatic carbocycles. The van der Waals surface area contributed by atoms with Gasteiger partial charge in [-0.1, -0.05) is 60.1 Å². The molecule has 16 heteroatoms. The Bertz CT molecular complexity index is 1560. The second kappa shape index (κ2) is 13.1. The van der Waals surface area contributed by atoms with Crippen molar-refractivity contribution in [2.75, 3.05) is 0 Å². The topological polar surface area (TPSA) is 191 Å². The van der Waals surface area contributed by atoms with Crippen LogP contribution >= 0.6 is 0 Å². The third-order valence-electron chi connectivity index (χ3n) is 14.1. The maximum Gasteiger partial charge on any atom is 1.00 e. The number of rotatable bonds is 11. The van der Waals surface area contributed by atoms with E-state index >= 15 is 0 Å². The zero-order chi connectivity index (χ0) is 34.5. The summed E-state index contributed by atoms with van der Waals surface area (Å²) >= 11 is 0. The summed E-state index contributed by atoms with van der Waals surface area (Å²) in [5.41, 5.74) is 0.0205. The molecule has 0 aromatic carbocycles. The van der Waals surface area contributed by atoms with E-state index in [1.165, 1.54) is 12.8 Å². The Morgan fingerprint density at radius 1 is 0.830 bits per heavy atom. The van der Waals surface area contributed by atoms with Crippen LogP contribution in [-0.4, -0.2) is 57.2 Å². The van der Waals surface area contributed by atoms with Crippen molar-refractivity contribution in [2.45, 2.75) is 125 Å². The molecule has 0 aromatic heterocycles. The van der Waals surface area contributed by atoms with Crippen LogP contribution in [0.15, 0.2) is 11.6 Å². The van der Waals surface area contributed by atoms with Crippen LogP contribution in [-0.2, 0) is 43.7 Å². The molecule has 47 heavy (non-hydrogen) atoms. The fourth-order valence-corrected chi connectivity index (χ4v) is 12.8. The molecule has 266 valence electrons. The third kappa shape index (κ3) is 7.49. The first-order chi connectivity index (χ1) is 20.9. The fourth-order valence-electron chi connectivity index (χ4n) is 11.3. The number of hydrogen-bond donors (Lipinski definition) is 3. The molecular formula is C31H52NaO12S3+. The van der Waals surface area contributed by atoms with Crippen molar-refractivity contribution < 1.29 is 81.0 Å². The van der Waals surface area contributed by atoms with Gasteiger partial charge in [0.05, 0.1) is 6.10 Å². The Balaban J connectivity index is 0.00000500. The molecular weight excluding hydrogens is 684 g/mol. The summed E-state index contributed by atoms with van der Waals surface area (Å²) in [5, 5.41) is 0. The third-order valence-corrected chi connectivity index (χ3v) is 15.5. The number of hydrogen-bond acceptors (Lipinski definition) is 9. The normalized spacial score (nSPS) is 44.1. The molecule has 2 unspecified atom stereocenters. The van der Waals surface area contributed by atoms with Gasteiger partial charge in [0.1, 0.15) is 12.2 Å². The van der Waals surface area contributed by atoms with Gasteiger partial charge in [-0.05, 0) is 115 Å². The van der Waals surface area contributed by atoms with Gasteiger partial charge in [0.2, 0.25) is 0 Å². The molecule has 4 saturated carbocycles. The van der Waals surface area contributed by atoms with E-state index in [-0.39, 0.29) is 65.6 Å². The van der Waals surface area contributed by atoms with E-state index in [1.54, 1.807) is 0 Å². The molecule has 0 radical (unpaired) electrons. The van der Waals surface area contributed by atoms with Crippen LogP contribution in [0.25, 0.3) is 0 Å². The molecule has 12 atom stereocenters. The molecule has 5 aliphatic rings. The van der Waals surface area contributed by atoms with Crippen LogP contribution in [0.4, 0.5) is 0 Å². The predicted octanol–water partition coefficient (Wildman–Crippen LogP) is 2.84. The minimum atomic E-state index is -5.09. The largest absolute Gasteiger partial charge is 1.00 e. The Hall–Kier alpha value is 0.350. The maximum absolute atomic E-state index is 12.2. The van der Waals surface area contributed by atoms with E-state index < -0.39 is 60.8 Å². The number of allylic oxidation sites excluding steroid dienone is 2. The van der Waals surface area contributed by atoms with E-state index in [9.17, 15) is 38.9 Å². The van der Waals surface area contributed by atoms with Crippen LogP contribution in [0.1, 0.15) is 106 Å². The second-order valence-corrected chi connectivity index (χ2v) is 19.4. The molecule has 0 aliphatic heterocycles. The molecule has 3 N–H and O–H groups in total. The van der Waals surface area contributed by atoms with Crippen LogP contribution in [0.2, 0.25) is 0 Å². The minimum absolute atomic E-state index is 0. The van der Waals surface area contributed by atoms with E-state index in [2.05, 4.69) is 47.6 Å². The first-order valence-electron chi connectivity index (χ1n) is 16.5. The Morgan fingerprint density at radius 3 is 1.87 bits per heavy atom. The van der Waals surface area contributed by atoms with Gasteiger partial charge in [-0.2, -0.15) is 25.3 Å². The van der Waals surface area contributed by atoms with Gasteiger partial charge in [0.25, 0.3) is 0 Å². The van der Waals surface area contributed by atoms with E-state index in [1.807, 2.05) is 6.92 Å². The molecule has 4 fully saturated rings. The average Bonchev–Trinajstić information content (AvgIpc) is 3.45. The summed E-state index contributed by atoms with van der Waals surface area (Å²) in [6.07, 6.45) is 4.06. The first-order valence-corrected chi connectivity index (χ1v) is 20.6. The Labute approximate surface area is 303 Å². The summed E-state index contributed by atoms with van der Waals surface area (Å²) in [6, 6.07) is 0. The van der Waals surface area contributed by atoms with Gasteiger partial charge in [-0.15, -0.1) is 0 Å². The molecule has 0 saturated heterocycles. The summed E-state index contributed by atoms with van der Waals surface area (Å²) in [7, 11) is -15.1. The standard InChI is InChI=1S/C31H52O12S3.Na/c1-18(2)31(16-20(31)4)13-8-19(3)21-9-11-30(7)23-14-25(41-44(32,33)34)24-15-26(42-45(35,36)37)27(43-46(38,39)40)17-28(24,5)22(23)10-12-29(21,30)6;/h10,18-21,23-27H,8-9,11-17H2,1-7H3,(H,32,33,34)(H,35,36,37)(H,38,39,40);/q;+1/t19-,20?,21-,23-,24-,25+,26+,27+,28-,29-,30+,31?;/m1./s1. The predicted molar refractivity (Wildman–Crippen MR) is 169 cm³/mol. The van der Waals surface area contributed by atoms with Crippen LogP contribution < -0.4 is 29.6 Å². The summed E-state index contributed by atoms with van der Waals surface area (Å²) in [6.45, 7) is 15.8. The van der Waals surface area contributed by atoms with Crippen molar-refractivity contribution in [1.29, 1.82) is 0 Å². The van der Waals surface area contributed by atoms with Gasteiger partial charge < -0.3 is 0 Å². The molecule has 0 heterocycles. The Morgan fingerprint density at radius 2 is 1.36 bits per heavy atom. The first kappa shape index (κ1) is 40.1. The second-order valence-electron chi connectivity index (χ2n) is 16.3. The van der Waals surface area contributed by atoms with Gasteiger partial charge in [0.15, 0.2) is 0 Å². The average molecular weight is 736 g/mol. The van der Waals surface area contributed by atoms with Crippen molar-refractivity contribution in [3.05, 3.63) is 11.6 Å². The van der Waals surface area contributed by atoms with Crippen molar-refractivity contribution in [2.24, 2.45) is 57.2 Å². The molecule has 12 nitrogen and oxygen atoms in total. The smallest absolute Gasteiger partial charge is 0.264 e. The molecule has 5 rings (SSSR count). The van der Waals surface area contributed by atoms with Crippen LogP contribution in [0, 0.1) is 57.2 Å². The zero-order valence-electron chi connectivity index (χ0n) is 28.9. The fraction of sp³-hybridized carbons (Fsp3) is 0.935. The maximum atomic E-state index is 12.2.